The van der Waals surface area contributed by atoms with Crippen molar-refractivity contribution in [3.63, 3.8) is 0 Å². The zero-order valence-corrected chi connectivity index (χ0v) is 14.5. The van der Waals surface area contributed by atoms with Crippen LogP contribution in [0.3, 0.4) is 0 Å². The Morgan fingerprint density at radius 3 is 2.25 bits per heavy atom. The van der Waals surface area contributed by atoms with Gasteiger partial charge in [0.1, 0.15) is 5.82 Å². The second-order valence-corrected chi connectivity index (χ2v) is 6.78. The van der Waals surface area contributed by atoms with Gasteiger partial charge in [-0.3, -0.25) is 0 Å². The molecule has 0 radical (unpaired) electrons. The number of benzene rings is 2. The van der Waals surface area contributed by atoms with Crippen LogP contribution >= 0.6 is 11.6 Å². The molecule has 130 valence electrons. The molecular weight excluding hydrogens is 340 g/mol. The van der Waals surface area contributed by atoms with E-state index in [1.54, 1.807) is 32.9 Å². The molecule has 0 amide bonds. The predicted octanol–water partition coefficient (Wildman–Crippen LogP) is 6.97. The maximum absolute atomic E-state index is 13.6. The molecule has 0 aliphatic carbocycles. The molecule has 0 aromatic heterocycles. The Bertz CT molecular complexity index is 700. The predicted molar refractivity (Wildman–Crippen MR) is 89.1 cm³/mol. The third-order valence-electron chi connectivity index (χ3n) is 4.07. The molecule has 2 aromatic carbocycles. The van der Waals surface area contributed by atoms with Crippen LogP contribution in [0.1, 0.15) is 54.9 Å². The van der Waals surface area contributed by atoms with Gasteiger partial charge in [-0.05, 0) is 53.1 Å². The van der Waals surface area contributed by atoms with Crippen LogP contribution in [0.2, 0.25) is 5.02 Å². The van der Waals surface area contributed by atoms with Crippen LogP contribution in [0.15, 0.2) is 36.4 Å². The maximum atomic E-state index is 13.6. The summed E-state index contributed by atoms with van der Waals surface area (Å²) in [5.74, 6) is -1.02. The summed E-state index contributed by atoms with van der Waals surface area (Å²) in [5.41, 5.74) is 0.517. The maximum Gasteiger partial charge on any atom is 0.416 e. The molecule has 5 heteroatoms. The monoisotopic (exact) mass is 358 g/mol. The largest absolute Gasteiger partial charge is 0.416 e. The molecule has 2 aromatic rings. The van der Waals surface area contributed by atoms with Crippen LogP contribution in [0.25, 0.3) is 0 Å². The summed E-state index contributed by atoms with van der Waals surface area (Å²) in [6.45, 7) is 5.25. The SMILES string of the molecule is CC(C)c1cccc(CC(C)c2cc(F)cc(Cl)c2)c1C(F)(F)F. The summed E-state index contributed by atoms with van der Waals surface area (Å²) in [6.07, 6.45) is -4.26. The molecule has 0 saturated carbocycles. The lowest BCUT2D eigenvalue weighted by Crippen LogP contribution is -2.15. The molecule has 0 saturated heterocycles. The molecule has 0 aliphatic rings. The van der Waals surface area contributed by atoms with Gasteiger partial charge in [0, 0.05) is 5.02 Å². The Kier molecular flexibility index (Phi) is 5.59. The number of rotatable bonds is 4. The van der Waals surface area contributed by atoms with Gasteiger partial charge in [-0.1, -0.05) is 50.6 Å². The van der Waals surface area contributed by atoms with Crippen LogP contribution < -0.4 is 0 Å². The van der Waals surface area contributed by atoms with Crippen molar-refractivity contribution in [2.75, 3.05) is 0 Å². The van der Waals surface area contributed by atoms with Crippen molar-refractivity contribution in [3.05, 3.63) is 69.5 Å². The highest BCUT2D eigenvalue weighted by molar-refractivity contribution is 6.30. The molecule has 1 atom stereocenters. The van der Waals surface area contributed by atoms with Crippen molar-refractivity contribution in [1.82, 2.24) is 0 Å². The van der Waals surface area contributed by atoms with E-state index >= 15 is 0 Å². The number of hydrogen-bond acceptors (Lipinski definition) is 0. The molecule has 0 heterocycles. The van der Waals surface area contributed by atoms with Gasteiger partial charge in [0.15, 0.2) is 0 Å². The summed E-state index contributed by atoms with van der Waals surface area (Å²) in [4.78, 5) is 0. The first-order valence-electron chi connectivity index (χ1n) is 7.74. The minimum Gasteiger partial charge on any atom is -0.207 e. The van der Waals surface area contributed by atoms with E-state index in [4.69, 9.17) is 11.6 Å². The Labute approximate surface area is 144 Å². The fourth-order valence-corrected chi connectivity index (χ4v) is 3.15. The fraction of sp³-hybridized carbons (Fsp3) is 0.368. The van der Waals surface area contributed by atoms with Gasteiger partial charge < -0.3 is 0 Å². The average Bonchev–Trinajstić information content (AvgIpc) is 2.44. The zero-order chi connectivity index (χ0) is 18.1. The van der Waals surface area contributed by atoms with Crippen molar-refractivity contribution in [2.24, 2.45) is 0 Å². The van der Waals surface area contributed by atoms with Gasteiger partial charge in [-0.2, -0.15) is 13.2 Å². The van der Waals surface area contributed by atoms with Crippen molar-refractivity contribution < 1.29 is 17.6 Å². The quantitative estimate of drug-likeness (QED) is 0.518. The second-order valence-electron chi connectivity index (χ2n) is 6.34. The average molecular weight is 359 g/mol. The molecule has 0 aliphatic heterocycles. The fourth-order valence-electron chi connectivity index (χ4n) is 2.92. The van der Waals surface area contributed by atoms with Crippen LogP contribution in [-0.4, -0.2) is 0 Å². The summed E-state index contributed by atoms with van der Waals surface area (Å²) >= 11 is 5.85. The van der Waals surface area contributed by atoms with Crippen LogP contribution in [-0.2, 0) is 12.6 Å². The third-order valence-corrected chi connectivity index (χ3v) is 4.29. The molecule has 24 heavy (non-hydrogen) atoms. The van der Waals surface area contributed by atoms with E-state index in [-0.39, 0.29) is 34.4 Å². The number of hydrogen-bond donors (Lipinski definition) is 0. The minimum absolute atomic E-state index is 0.162. The van der Waals surface area contributed by atoms with Gasteiger partial charge >= 0.3 is 6.18 Å². The first-order valence-corrected chi connectivity index (χ1v) is 8.12. The van der Waals surface area contributed by atoms with Gasteiger partial charge in [-0.25, -0.2) is 4.39 Å². The Morgan fingerprint density at radius 2 is 1.71 bits per heavy atom. The van der Waals surface area contributed by atoms with Crippen molar-refractivity contribution in [2.45, 2.75) is 45.2 Å². The highest BCUT2D eigenvalue weighted by Crippen LogP contribution is 2.39. The molecule has 0 nitrogen and oxygen atoms in total. The highest BCUT2D eigenvalue weighted by Gasteiger charge is 2.36. The summed E-state index contributed by atoms with van der Waals surface area (Å²) in [6, 6.07) is 8.74. The molecular formula is C19H19ClF4. The minimum atomic E-state index is -4.42. The van der Waals surface area contributed by atoms with E-state index in [1.165, 1.54) is 24.3 Å². The molecule has 2 rings (SSSR count). The molecule has 0 fully saturated rings. The van der Waals surface area contributed by atoms with Crippen LogP contribution in [0, 0.1) is 5.82 Å². The zero-order valence-electron chi connectivity index (χ0n) is 13.7. The topological polar surface area (TPSA) is 0 Å². The van der Waals surface area contributed by atoms with Crippen LogP contribution in [0.5, 0.6) is 0 Å². The van der Waals surface area contributed by atoms with Crippen LogP contribution in [0.4, 0.5) is 17.6 Å². The summed E-state index contributed by atoms with van der Waals surface area (Å²) < 4.78 is 54.2. The van der Waals surface area contributed by atoms with E-state index < -0.39 is 17.6 Å². The van der Waals surface area contributed by atoms with Crippen molar-refractivity contribution in [3.8, 4) is 0 Å². The molecule has 0 bridgehead atoms. The Morgan fingerprint density at radius 1 is 1.04 bits per heavy atom. The third kappa shape index (κ3) is 4.29. The molecule has 0 N–H and O–H groups in total. The van der Waals surface area contributed by atoms with Crippen molar-refractivity contribution >= 4 is 11.6 Å². The Hall–Kier alpha value is -1.55. The first-order chi connectivity index (χ1) is 11.1. The van der Waals surface area contributed by atoms with E-state index in [1.807, 2.05) is 0 Å². The van der Waals surface area contributed by atoms with E-state index in [2.05, 4.69) is 0 Å². The molecule has 0 spiro atoms. The van der Waals surface area contributed by atoms with E-state index in [9.17, 15) is 17.6 Å². The Balaban J connectivity index is 2.44. The second kappa shape index (κ2) is 7.14. The number of alkyl halides is 3. The lowest BCUT2D eigenvalue weighted by Gasteiger charge is -2.21. The van der Waals surface area contributed by atoms with Gasteiger partial charge in [-0.15, -0.1) is 0 Å². The molecule has 1 unspecified atom stereocenters. The number of halogens is 5. The summed E-state index contributed by atoms with van der Waals surface area (Å²) in [5, 5.41) is 0.240. The lowest BCUT2D eigenvalue weighted by molar-refractivity contribution is -0.139. The van der Waals surface area contributed by atoms with Gasteiger partial charge in [0.05, 0.1) is 5.56 Å². The standard InChI is InChI=1S/C19H19ClF4/c1-11(2)17-6-4-5-13(18(17)19(22,23)24)7-12(3)14-8-15(20)10-16(21)9-14/h4-6,8-12H,7H2,1-3H3. The summed E-state index contributed by atoms with van der Waals surface area (Å²) in [7, 11) is 0. The van der Waals surface area contributed by atoms with Gasteiger partial charge in [0.25, 0.3) is 0 Å². The van der Waals surface area contributed by atoms with E-state index in [0.717, 1.165) is 0 Å². The normalized spacial score (nSPS) is 13.4. The lowest BCUT2D eigenvalue weighted by atomic mass is 9.87. The smallest absolute Gasteiger partial charge is 0.207 e. The highest BCUT2D eigenvalue weighted by atomic mass is 35.5. The van der Waals surface area contributed by atoms with Gasteiger partial charge in [0.2, 0.25) is 0 Å². The van der Waals surface area contributed by atoms with Crippen molar-refractivity contribution in [1.29, 1.82) is 0 Å². The van der Waals surface area contributed by atoms with E-state index in [0.29, 0.717) is 5.56 Å². The first kappa shape index (κ1) is 18.8.